The molecule has 0 saturated heterocycles. The summed E-state index contributed by atoms with van der Waals surface area (Å²) in [7, 11) is 0. The van der Waals surface area contributed by atoms with E-state index < -0.39 is 11.9 Å². The Morgan fingerprint density at radius 1 is 1.00 bits per heavy atom. The fourth-order valence-corrected chi connectivity index (χ4v) is 2.39. The zero-order valence-electron chi connectivity index (χ0n) is 11.7. The lowest BCUT2D eigenvalue weighted by atomic mass is 9.92. The molecule has 0 aliphatic heterocycles. The van der Waals surface area contributed by atoms with E-state index in [1.54, 1.807) is 30.3 Å². The molecule has 0 spiro atoms. The van der Waals surface area contributed by atoms with E-state index >= 15 is 0 Å². The monoisotopic (exact) mass is 284 g/mol. The van der Waals surface area contributed by atoms with E-state index in [9.17, 15) is 14.7 Å². The summed E-state index contributed by atoms with van der Waals surface area (Å²) < 4.78 is 0. The van der Waals surface area contributed by atoms with Crippen molar-refractivity contribution >= 4 is 11.9 Å². The first-order valence-corrected chi connectivity index (χ1v) is 6.73. The molecule has 108 valence electrons. The lowest BCUT2D eigenvalue weighted by Crippen LogP contribution is -2.05. The third kappa shape index (κ3) is 3.11. The van der Waals surface area contributed by atoms with Gasteiger partial charge in [0.2, 0.25) is 0 Å². The first kappa shape index (κ1) is 14.8. The van der Waals surface area contributed by atoms with Gasteiger partial charge in [0.15, 0.2) is 0 Å². The van der Waals surface area contributed by atoms with Crippen LogP contribution in [-0.2, 0) is 6.42 Å². The second kappa shape index (κ2) is 6.22. The van der Waals surface area contributed by atoms with Gasteiger partial charge in [0, 0.05) is 0 Å². The molecule has 0 bridgehead atoms. The molecule has 0 unspecified atom stereocenters. The zero-order valence-corrected chi connectivity index (χ0v) is 11.7. The lowest BCUT2D eigenvalue weighted by Gasteiger charge is -2.11. The van der Waals surface area contributed by atoms with Crippen LogP contribution in [0.3, 0.4) is 0 Å². The molecule has 0 aliphatic rings. The van der Waals surface area contributed by atoms with E-state index in [0.29, 0.717) is 17.5 Å². The minimum Gasteiger partial charge on any atom is -0.478 e. The molecule has 0 radical (unpaired) electrons. The molecule has 4 heteroatoms. The number of hydrogen-bond acceptors (Lipinski definition) is 2. The number of hydrogen-bond donors (Lipinski definition) is 2. The highest BCUT2D eigenvalue weighted by molar-refractivity contribution is 5.98. The molecule has 0 aromatic heterocycles. The number of carboxylic acid groups (broad SMARTS) is 2. The van der Waals surface area contributed by atoms with Gasteiger partial charge in [-0.3, -0.25) is 0 Å². The van der Waals surface area contributed by atoms with Crippen molar-refractivity contribution in [1.29, 1.82) is 0 Å². The number of aryl methyl sites for hydroxylation is 1. The number of benzene rings is 2. The van der Waals surface area contributed by atoms with Crippen LogP contribution in [0.2, 0.25) is 0 Å². The molecule has 0 heterocycles. The molecule has 2 N–H and O–H groups in total. The summed E-state index contributed by atoms with van der Waals surface area (Å²) >= 11 is 0. The van der Waals surface area contributed by atoms with Crippen molar-refractivity contribution in [3.05, 3.63) is 59.2 Å². The van der Waals surface area contributed by atoms with Crippen LogP contribution in [0.4, 0.5) is 0 Å². The van der Waals surface area contributed by atoms with Crippen LogP contribution in [-0.4, -0.2) is 22.2 Å². The summed E-state index contributed by atoms with van der Waals surface area (Å²) in [4.78, 5) is 22.6. The van der Waals surface area contributed by atoms with Gasteiger partial charge in [-0.1, -0.05) is 43.7 Å². The van der Waals surface area contributed by atoms with Crippen LogP contribution in [0.5, 0.6) is 0 Å². The maximum absolute atomic E-state index is 11.6. The molecule has 2 aromatic rings. The van der Waals surface area contributed by atoms with Crippen molar-refractivity contribution in [3.63, 3.8) is 0 Å². The van der Waals surface area contributed by atoms with Crippen LogP contribution in [0.25, 0.3) is 11.1 Å². The maximum Gasteiger partial charge on any atom is 0.336 e. The average molecular weight is 284 g/mol. The summed E-state index contributed by atoms with van der Waals surface area (Å²) in [5.41, 5.74) is 2.32. The number of carboxylic acids is 2. The highest BCUT2D eigenvalue weighted by Gasteiger charge is 2.16. The molecule has 0 aliphatic carbocycles. The largest absolute Gasteiger partial charge is 0.478 e. The van der Waals surface area contributed by atoms with Gasteiger partial charge in [0.1, 0.15) is 0 Å². The smallest absolute Gasteiger partial charge is 0.336 e. The first-order valence-electron chi connectivity index (χ1n) is 6.73. The van der Waals surface area contributed by atoms with Crippen molar-refractivity contribution in [2.45, 2.75) is 19.8 Å². The molecule has 2 rings (SSSR count). The van der Waals surface area contributed by atoms with Gasteiger partial charge < -0.3 is 10.2 Å². The minimum atomic E-state index is -1.03. The summed E-state index contributed by atoms with van der Waals surface area (Å²) in [6.07, 6.45) is 1.52. The van der Waals surface area contributed by atoms with E-state index in [1.807, 2.05) is 6.92 Å². The molecule has 2 aromatic carbocycles. The van der Waals surface area contributed by atoms with Crippen LogP contribution >= 0.6 is 0 Å². The lowest BCUT2D eigenvalue weighted by molar-refractivity contribution is 0.0686. The van der Waals surface area contributed by atoms with Crippen LogP contribution in [0.15, 0.2) is 42.5 Å². The van der Waals surface area contributed by atoms with Gasteiger partial charge in [-0.25, -0.2) is 9.59 Å². The van der Waals surface area contributed by atoms with Gasteiger partial charge >= 0.3 is 11.9 Å². The molecule has 0 amide bonds. The molecule has 0 saturated carbocycles. The molecule has 4 nitrogen and oxygen atoms in total. The van der Waals surface area contributed by atoms with Crippen molar-refractivity contribution in [2.24, 2.45) is 0 Å². The van der Waals surface area contributed by atoms with Gasteiger partial charge in [-0.15, -0.1) is 0 Å². The van der Waals surface area contributed by atoms with E-state index in [-0.39, 0.29) is 11.1 Å². The summed E-state index contributed by atoms with van der Waals surface area (Å²) in [5, 5.41) is 18.6. The fraction of sp³-hybridized carbons (Fsp3) is 0.176. The molecule has 21 heavy (non-hydrogen) atoms. The summed E-state index contributed by atoms with van der Waals surface area (Å²) in [6.45, 7) is 1.99. The highest BCUT2D eigenvalue weighted by Crippen LogP contribution is 2.28. The Hall–Kier alpha value is -2.62. The zero-order chi connectivity index (χ0) is 15.4. The van der Waals surface area contributed by atoms with Gasteiger partial charge in [0.05, 0.1) is 11.1 Å². The normalized spacial score (nSPS) is 10.3. The van der Waals surface area contributed by atoms with Crippen molar-refractivity contribution in [1.82, 2.24) is 0 Å². The van der Waals surface area contributed by atoms with Gasteiger partial charge in [-0.2, -0.15) is 0 Å². The average Bonchev–Trinajstić information content (AvgIpc) is 2.47. The quantitative estimate of drug-likeness (QED) is 0.877. The Bertz CT molecular complexity index is 689. The molecule has 0 atom stereocenters. The van der Waals surface area contributed by atoms with Crippen molar-refractivity contribution < 1.29 is 19.8 Å². The predicted molar refractivity (Wildman–Crippen MR) is 79.8 cm³/mol. The fourth-order valence-electron chi connectivity index (χ4n) is 2.39. The number of rotatable bonds is 5. The van der Waals surface area contributed by atoms with Crippen LogP contribution in [0, 0.1) is 0 Å². The number of carbonyl (C=O) groups is 2. The molecular weight excluding hydrogens is 268 g/mol. The van der Waals surface area contributed by atoms with Crippen LogP contribution < -0.4 is 0 Å². The number of aromatic carboxylic acids is 2. The third-order valence-corrected chi connectivity index (χ3v) is 3.30. The topological polar surface area (TPSA) is 74.6 Å². The minimum absolute atomic E-state index is 0.143. The van der Waals surface area contributed by atoms with Crippen LogP contribution in [0.1, 0.15) is 39.6 Å². The van der Waals surface area contributed by atoms with E-state index in [0.717, 1.165) is 12.0 Å². The Kier molecular flexibility index (Phi) is 4.38. The first-order chi connectivity index (χ1) is 10.0. The SMILES string of the molecule is CCCc1cccc(-c2cccc(C(=O)O)c2)c1C(=O)O. The van der Waals surface area contributed by atoms with E-state index in [2.05, 4.69) is 0 Å². The van der Waals surface area contributed by atoms with E-state index in [1.165, 1.54) is 12.1 Å². The van der Waals surface area contributed by atoms with Gasteiger partial charge in [0.25, 0.3) is 0 Å². The van der Waals surface area contributed by atoms with Gasteiger partial charge in [-0.05, 0) is 35.2 Å². The maximum atomic E-state index is 11.6. The second-order valence-electron chi connectivity index (χ2n) is 4.78. The van der Waals surface area contributed by atoms with E-state index in [4.69, 9.17) is 5.11 Å². The Balaban J connectivity index is 2.63. The Morgan fingerprint density at radius 3 is 2.33 bits per heavy atom. The summed E-state index contributed by atoms with van der Waals surface area (Å²) in [5.74, 6) is -2.02. The predicted octanol–water partition coefficient (Wildman–Crippen LogP) is 3.70. The van der Waals surface area contributed by atoms with Crippen molar-refractivity contribution in [2.75, 3.05) is 0 Å². The molecular formula is C17H16O4. The Labute approximate surface area is 122 Å². The third-order valence-electron chi connectivity index (χ3n) is 3.30. The highest BCUT2D eigenvalue weighted by atomic mass is 16.4. The Morgan fingerprint density at radius 2 is 1.71 bits per heavy atom. The molecule has 0 fully saturated rings. The van der Waals surface area contributed by atoms with Crippen molar-refractivity contribution in [3.8, 4) is 11.1 Å². The second-order valence-corrected chi connectivity index (χ2v) is 4.78. The standard InChI is InChI=1S/C17H16O4/c1-2-5-11-6-4-9-14(15(11)17(20)21)12-7-3-8-13(10-12)16(18)19/h3-4,6-10H,2,5H2,1H3,(H,18,19)(H,20,21). The summed E-state index contributed by atoms with van der Waals surface area (Å²) in [6, 6.07) is 11.7.